The van der Waals surface area contributed by atoms with Crippen molar-refractivity contribution in [1.29, 1.82) is 0 Å². The summed E-state index contributed by atoms with van der Waals surface area (Å²) in [5, 5.41) is 8.67. The second-order valence-corrected chi connectivity index (χ2v) is 6.60. The molecule has 2 aromatic rings. The highest BCUT2D eigenvalue weighted by molar-refractivity contribution is 7.09. The van der Waals surface area contributed by atoms with Crippen molar-refractivity contribution in [3.05, 3.63) is 58.0 Å². The summed E-state index contributed by atoms with van der Waals surface area (Å²) in [5.41, 5.74) is 1.11. The summed E-state index contributed by atoms with van der Waals surface area (Å²) in [6, 6.07) is 10.8. The first-order valence-corrected chi connectivity index (χ1v) is 9.03. The molecule has 24 heavy (non-hydrogen) atoms. The highest BCUT2D eigenvalue weighted by Gasteiger charge is 2.02. The number of halogens is 1. The number of hydrogen-bond acceptors (Lipinski definition) is 3. The molecule has 0 atom stereocenters. The van der Waals surface area contributed by atoms with Gasteiger partial charge in [0, 0.05) is 31.1 Å². The van der Waals surface area contributed by atoms with Crippen LogP contribution in [-0.4, -0.2) is 37.5 Å². The molecule has 130 valence electrons. The number of nitrogens with one attached hydrogen (secondary N) is 2. The number of benzene rings is 1. The van der Waals surface area contributed by atoms with E-state index in [4.69, 9.17) is 0 Å². The summed E-state index contributed by atoms with van der Waals surface area (Å²) in [5.74, 6) is 0.640. The molecule has 2 N–H and O–H groups in total. The van der Waals surface area contributed by atoms with Crippen molar-refractivity contribution < 1.29 is 4.39 Å². The fraction of sp³-hybridized carbons (Fsp3) is 0.389. The lowest BCUT2D eigenvalue weighted by Crippen LogP contribution is -2.40. The maximum Gasteiger partial charge on any atom is 0.191 e. The minimum atomic E-state index is -0.194. The number of thiophene rings is 1. The van der Waals surface area contributed by atoms with Gasteiger partial charge in [0.15, 0.2) is 5.96 Å². The Morgan fingerprint density at radius 1 is 1.21 bits per heavy atom. The average Bonchev–Trinajstić information content (AvgIpc) is 3.08. The molecule has 1 aromatic carbocycles. The molecule has 0 aliphatic carbocycles. The molecule has 2 rings (SSSR count). The Kier molecular flexibility index (Phi) is 7.71. The van der Waals surface area contributed by atoms with E-state index in [0.29, 0.717) is 6.54 Å². The molecule has 0 aliphatic rings. The van der Waals surface area contributed by atoms with E-state index in [1.807, 2.05) is 18.2 Å². The van der Waals surface area contributed by atoms with E-state index in [2.05, 4.69) is 45.9 Å². The van der Waals surface area contributed by atoms with E-state index in [0.717, 1.165) is 37.7 Å². The second kappa shape index (κ2) is 10.1. The number of likely N-dealkylation sites (N-methyl/N-ethyl adjacent to an activating group) is 1. The molecule has 0 saturated heterocycles. The van der Waals surface area contributed by atoms with E-state index in [-0.39, 0.29) is 5.82 Å². The highest BCUT2D eigenvalue weighted by Crippen LogP contribution is 2.09. The molecule has 0 saturated carbocycles. The van der Waals surface area contributed by atoms with Gasteiger partial charge in [-0.1, -0.05) is 18.2 Å². The zero-order valence-corrected chi connectivity index (χ0v) is 15.1. The number of nitrogens with zero attached hydrogens (tertiary/aromatic N) is 2. The van der Waals surface area contributed by atoms with Crippen molar-refractivity contribution in [1.82, 2.24) is 15.5 Å². The fourth-order valence-electron chi connectivity index (χ4n) is 2.25. The molecule has 1 aromatic heterocycles. The monoisotopic (exact) mass is 348 g/mol. The van der Waals surface area contributed by atoms with Crippen molar-refractivity contribution in [2.24, 2.45) is 4.99 Å². The summed E-state index contributed by atoms with van der Waals surface area (Å²) in [4.78, 5) is 8.04. The van der Waals surface area contributed by atoms with E-state index in [1.165, 1.54) is 17.0 Å². The quantitative estimate of drug-likeness (QED) is 0.569. The van der Waals surface area contributed by atoms with Crippen LogP contribution in [0, 0.1) is 5.82 Å². The van der Waals surface area contributed by atoms with Crippen LogP contribution in [0.2, 0.25) is 0 Å². The summed E-state index contributed by atoms with van der Waals surface area (Å²) in [6.07, 6.45) is 0. The fourth-order valence-corrected chi connectivity index (χ4v) is 2.88. The largest absolute Gasteiger partial charge is 0.357 e. The SMILES string of the molecule is CCNC(=NCc1cccs1)NCCN(C)Cc1ccc(F)cc1. The van der Waals surface area contributed by atoms with Crippen LogP contribution >= 0.6 is 11.3 Å². The number of guanidine groups is 1. The van der Waals surface area contributed by atoms with Gasteiger partial charge in [0.05, 0.1) is 6.54 Å². The summed E-state index contributed by atoms with van der Waals surface area (Å²) < 4.78 is 12.9. The Hall–Kier alpha value is -1.92. The van der Waals surface area contributed by atoms with Crippen LogP contribution < -0.4 is 10.6 Å². The predicted octanol–water partition coefficient (Wildman–Crippen LogP) is 3.07. The van der Waals surface area contributed by atoms with Gasteiger partial charge in [0.1, 0.15) is 5.82 Å². The Labute approximate surface area is 147 Å². The molecule has 0 aliphatic heterocycles. The molecule has 4 nitrogen and oxygen atoms in total. The Morgan fingerprint density at radius 2 is 2.00 bits per heavy atom. The molecule has 0 unspecified atom stereocenters. The molecule has 0 spiro atoms. The van der Waals surface area contributed by atoms with Crippen molar-refractivity contribution >= 4 is 17.3 Å². The van der Waals surface area contributed by atoms with Gasteiger partial charge < -0.3 is 15.5 Å². The van der Waals surface area contributed by atoms with Gasteiger partial charge in [0.2, 0.25) is 0 Å². The second-order valence-electron chi connectivity index (χ2n) is 5.57. The lowest BCUT2D eigenvalue weighted by atomic mass is 10.2. The van der Waals surface area contributed by atoms with E-state index >= 15 is 0 Å². The normalized spacial score (nSPS) is 11.8. The molecule has 0 radical (unpaired) electrons. The zero-order valence-electron chi connectivity index (χ0n) is 14.3. The van der Waals surface area contributed by atoms with Crippen molar-refractivity contribution in [2.45, 2.75) is 20.0 Å². The minimum Gasteiger partial charge on any atom is -0.357 e. The molecule has 0 amide bonds. The zero-order chi connectivity index (χ0) is 17.2. The van der Waals surface area contributed by atoms with Crippen molar-refractivity contribution in [2.75, 3.05) is 26.7 Å². The first-order chi connectivity index (χ1) is 11.7. The third kappa shape index (κ3) is 6.68. The molecule has 1 heterocycles. The van der Waals surface area contributed by atoms with Gasteiger partial charge >= 0.3 is 0 Å². The Balaban J connectivity index is 1.74. The van der Waals surface area contributed by atoms with Gasteiger partial charge in [0.25, 0.3) is 0 Å². The first-order valence-electron chi connectivity index (χ1n) is 8.15. The van der Waals surface area contributed by atoms with Gasteiger partial charge in [-0.2, -0.15) is 0 Å². The van der Waals surface area contributed by atoms with Gasteiger partial charge in [-0.05, 0) is 43.1 Å². The Bertz CT molecular complexity index is 610. The molecular formula is C18H25FN4S. The van der Waals surface area contributed by atoms with Crippen LogP contribution in [0.4, 0.5) is 4.39 Å². The van der Waals surface area contributed by atoms with Crippen LogP contribution in [0.15, 0.2) is 46.8 Å². The standard InChI is InChI=1S/C18H25FN4S/c1-3-20-18(22-13-17-5-4-12-24-17)21-10-11-23(2)14-15-6-8-16(19)9-7-15/h4-9,12H,3,10-11,13-14H2,1-2H3,(H2,20,21,22). The topological polar surface area (TPSA) is 39.7 Å². The summed E-state index contributed by atoms with van der Waals surface area (Å²) in [6.45, 7) is 6.06. The minimum absolute atomic E-state index is 0.194. The lowest BCUT2D eigenvalue weighted by Gasteiger charge is -2.18. The van der Waals surface area contributed by atoms with Crippen molar-refractivity contribution in [3.63, 3.8) is 0 Å². The van der Waals surface area contributed by atoms with Gasteiger partial charge in [-0.15, -0.1) is 11.3 Å². The van der Waals surface area contributed by atoms with E-state index < -0.39 is 0 Å². The molecule has 6 heteroatoms. The third-order valence-electron chi connectivity index (χ3n) is 3.47. The maximum atomic E-state index is 12.9. The highest BCUT2D eigenvalue weighted by atomic mass is 32.1. The maximum absolute atomic E-state index is 12.9. The van der Waals surface area contributed by atoms with Gasteiger partial charge in [-0.3, -0.25) is 0 Å². The summed E-state index contributed by atoms with van der Waals surface area (Å²) >= 11 is 1.72. The van der Waals surface area contributed by atoms with Crippen molar-refractivity contribution in [3.8, 4) is 0 Å². The smallest absolute Gasteiger partial charge is 0.191 e. The summed E-state index contributed by atoms with van der Waals surface area (Å²) in [7, 11) is 2.06. The lowest BCUT2D eigenvalue weighted by molar-refractivity contribution is 0.331. The molecule has 0 fully saturated rings. The predicted molar refractivity (Wildman–Crippen MR) is 99.9 cm³/mol. The van der Waals surface area contributed by atoms with E-state index in [9.17, 15) is 4.39 Å². The van der Waals surface area contributed by atoms with Crippen LogP contribution in [0.5, 0.6) is 0 Å². The average molecular weight is 348 g/mol. The van der Waals surface area contributed by atoms with Crippen LogP contribution in [-0.2, 0) is 13.1 Å². The third-order valence-corrected chi connectivity index (χ3v) is 4.33. The van der Waals surface area contributed by atoms with Crippen LogP contribution in [0.25, 0.3) is 0 Å². The Morgan fingerprint density at radius 3 is 2.67 bits per heavy atom. The number of hydrogen-bond donors (Lipinski definition) is 2. The van der Waals surface area contributed by atoms with Crippen LogP contribution in [0.1, 0.15) is 17.4 Å². The first kappa shape index (κ1) is 18.4. The van der Waals surface area contributed by atoms with Gasteiger partial charge in [-0.25, -0.2) is 9.38 Å². The number of aliphatic imine (C=N–C) groups is 1. The molecular weight excluding hydrogens is 323 g/mol. The molecule has 0 bridgehead atoms. The van der Waals surface area contributed by atoms with E-state index in [1.54, 1.807) is 11.3 Å². The number of rotatable bonds is 8. The van der Waals surface area contributed by atoms with Crippen LogP contribution in [0.3, 0.4) is 0 Å².